The molecule has 2 aliphatic rings. The molecule has 0 unspecified atom stereocenters. The number of nitrogens with zero attached hydrogens (tertiary/aromatic N) is 1. The van der Waals surface area contributed by atoms with Crippen LogP contribution in [0.5, 0.6) is 0 Å². The summed E-state index contributed by atoms with van der Waals surface area (Å²) in [5.41, 5.74) is 5.13. The number of hydrogen-bond acceptors (Lipinski definition) is 7. The van der Waals surface area contributed by atoms with Crippen LogP contribution in [0.1, 0.15) is 64.8 Å². The van der Waals surface area contributed by atoms with Crippen LogP contribution in [0.2, 0.25) is 0 Å². The predicted octanol–water partition coefficient (Wildman–Crippen LogP) is 7.30. The zero-order chi connectivity index (χ0) is 37.7. The Bertz CT molecular complexity index is 1910. The van der Waals surface area contributed by atoms with Crippen molar-refractivity contribution in [3.05, 3.63) is 125 Å². The molecule has 13 heteroatoms. The number of ether oxygens (including phenoxy) is 2. The summed E-state index contributed by atoms with van der Waals surface area (Å²) < 4.78 is 52.5. The molecular formula is C40H39F3N2O7S. The molecule has 0 spiro atoms. The molecule has 2 saturated heterocycles. The average molecular weight is 749 g/mol. The van der Waals surface area contributed by atoms with Crippen molar-refractivity contribution in [3.8, 4) is 11.1 Å². The Labute approximate surface area is 309 Å². The second kappa shape index (κ2) is 16.5. The largest absolute Gasteiger partial charge is 0.478 e. The van der Waals surface area contributed by atoms with Gasteiger partial charge in [0.1, 0.15) is 6.04 Å². The lowest BCUT2D eigenvalue weighted by atomic mass is 9.91. The lowest BCUT2D eigenvalue weighted by Gasteiger charge is -2.41. The highest BCUT2D eigenvalue weighted by atomic mass is 32.2. The summed E-state index contributed by atoms with van der Waals surface area (Å²) in [6.07, 6.45) is -5.85. The van der Waals surface area contributed by atoms with Gasteiger partial charge < -0.3 is 29.9 Å². The highest BCUT2D eigenvalue weighted by Crippen LogP contribution is 2.43. The van der Waals surface area contributed by atoms with E-state index in [9.17, 15) is 37.8 Å². The number of aromatic carboxylic acids is 1. The van der Waals surface area contributed by atoms with E-state index in [4.69, 9.17) is 9.47 Å². The molecule has 3 N–H and O–H groups in total. The quantitative estimate of drug-likeness (QED) is 0.137. The standard InChI is InChI=1S/C40H39F3N2O7S/c1-24-34(23-53-31-18-16-28(17-19-31)37(48)49)51-38(52-35(24)27-10-8-25(22-46)9-11-27)29-14-12-26(13-15-29)32-6-3-2-5-30(32)21-44-36(47)33-7-4-20-45(33)39(50)40(41,42)43/h2-3,5-6,8-19,24,33-35,38,46H,4,7,20-23H2,1H3,(H,44,47)(H,48,49)/t24-,33+,34+,35+,38+/m1/s1. The van der Waals surface area contributed by atoms with E-state index in [2.05, 4.69) is 12.2 Å². The van der Waals surface area contributed by atoms with Gasteiger partial charge >= 0.3 is 18.1 Å². The number of carbonyl (C=O) groups excluding carboxylic acids is 2. The molecule has 0 radical (unpaired) electrons. The molecule has 5 atom stereocenters. The molecule has 4 aromatic carbocycles. The smallest absolute Gasteiger partial charge is 0.471 e. The summed E-state index contributed by atoms with van der Waals surface area (Å²) in [7, 11) is 0. The molecule has 0 aromatic heterocycles. The maximum Gasteiger partial charge on any atom is 0.471 e. The fraction of sp³-hybridized carbons (Fsp3) is 0.325. The van der Waals surface area contributed by atoms with Crippen LogP contribution in [0.25, 0.3) is 11.1 Å². The average Bonchev–Trinajstić information content (AvgIpc) is 3.66. The highest BCUT2D eigenvalue weighted by Gasteiger charge is 2.47. The van der Waals surface area contributed by atoms with Crippen molar-refractivity contribution in [2.24, 2.45) is 5.92 Å². The molecule has 2 amide bonds. The van der Waals surface area contributed by atoms with Crippen molar-refractivity contribution in [2.75, 3.05) is 12.3 Å². The topological polar surface area (TPSA) is 125 Å². The van der Waals surface area contributed by atoms with E-state index in [0.29, 0.717) is 17.1 Å². The highest BCUT2D eigenvalue weighted by molar-refractivity contribution is 7.99. The number of hydrogen-bond donors (Lipinski definition) is 3. The Morgan fingerprint density at radius 2 is 1.58 bits per heavy atom. The Hall–Kier alpha value is -4.69. The normalized spacial score (nSPS) is 21.7. The molecule has 0 bridgehead atoms. The molecular weight excluding hydrogens is 710 g/mol. The van der Waals surface area contributed by atoms with E-state index in [1.165, 1.54) is 0 Å². The first-order valence-corrected chi connectivity index (χ1v) is 18.2. The number of carboxylic acid groups (broad SMARTS) is 1. The lowest BCUT2D eigenvalue weighted by Crippen LogP contribution is -2.50. The number of thioether (sulfide) groups is 1. The van der Waals surface area contributed by atoms with E-state index in [0.717, 1.165) is 38.3 Å². The summed E-state index contributed by atoms with van der Waals surface area (Å²) in [5.74, 6) is -3.09. The van der Waals surface area contributed by atoms with Gasteiger partial charge in [-0.15, -0.1) is 11.8 Å². The summed E-state index contributed by atoms with van der Waals surface area (Å²) in [6, 6.07) is 28.2. The van der Waals surface area contributed by atoms with Gasteiger partial charge in [-0.05, 0) is 64.9 Å². The molecule has 9 nitrogen and oxygen atoms in total. The van der Waals surface area contributed by atoms with Crippen LogP contribution in [0.15, 0.2) is 102 Å². The lowest BCUT2D eigenvalue weighted by molar-refractivity contribution is -0.268. The SMILES string of the molecule is C[C@@H]1[C@H](CSc2ccc(C(=O)O)cc2)O[C@H](c2ccc(-c3ccccc3CNC(=O)[C@@H]3CCCN3C(=O)C(F)(F)F)cc2)O[C@@H]1c1ccc(CO)cc1. The minimum absolute atomic E-state index is 0.0544. The number of amides is 2. The van der Waals surface area contributed by atoms with Crippen molar-refractivity contribution in [1.29, 1.82) is 0 Å². The van der Waals surface area contributed by atoms with E-state index >= 15 is 0 Å². The van der Waals surface area contributed by atoms with Gasteiger partial charge in [0.25, 0.3) is 0 Å². The third kappa shape index (κ3) is 8.93. The zero-order valence-corrected chi connectivity index (χ0v) is 29.6. The Kier molecular flexibility index (Phi) is 11.9. The zero-order valence-electron chi connectivity index (χ0n) is 28.8. The van der Waals surface area contributed by atoms with Crippen molar-refractivity contribution < 1.29 is 47.2 Å². The van der Waals surface area contributed by atoms with Gasteiger partial charge in [0, 0.05) is 35.2 Å². The predicted molar refractivity (Wildman–Crippen MR) is 192 cm³/mol. The molecule has 0 aliphatic carbocycles. The number of carbonyl (C=O) groups is 3. The number of aliphatic hydroxyl groups is 1. The van der Waals surface area contributed by atoms with Crippen molar-refractivity contribution in [2.45, 2.75) is 68.5 Å². The Balaban J connectivity index is 1.18. The fourth-order valence-electron chi connectivity index (χ4n) is 6.70. The van der Waals surface area contributed by atoms with Gasteiger partial charge in [0.05, 0.1) is 24.4 Å². The number of halogens is 3. The van der Waals surface area contributed by atoms with Crippen LogP contribution < -0.4 is 5.32 Å². The van der Waals surface area contributed by atoms with Crippen molar-refractivity contribution >= 4 is 29.5 Å². The van der Waals surface area contributed by atoms with Crippen LogP contribution in [-0.2, 0) is 32.2 Å². The summed E-state index contributed by atoms with van der Waals surface area (Å²) in [4.78, 5) is 37.7. The molecule has 53 heavy (non-hydrogen) atoms. The van der Waals surface area contributed by atoms with Gasteiger partial charge in [-0.3, -0.25) is 9.59 Å². The minimum Gasteiger partial charge on any atom is -0.478 e. The number of carboxylic acids is 1. The molecule has 0 saturated carbocycles. The van der Waals surface area contributed by atoms with E-state index in [1.54, 1.807) is 36.0 Å². The van der Waals surface area contributed by atoms with Gasteiger partial charge in [0.2, 0.25) is 5.91 Å². The molecule has 6 rings (SSSR count). The van der Waals surface area contributed by atoms with Gasteiger partial charge in [-0.2, -0.15) is 13.2 Å². The van der Waals surface area contributed by atoms with Crippen LogP contribution in [0.4, 0.5) is 13.2 Å². The number of nitrogens with one attached hydrogen (secondary N) is 1. The second-order valence-electron chi connectivity index (χ2n) is 13.1. The van der Waals surface area contributed by atoms with E-state index in [1.807, 2.05) is 72.8 Å². The second-order valence-corrected chi connectivity index (χ2v) is 14.2. The van der Waals surface area contributed by atoms with Crippen LogP contribution in [0.3, 0.4) is 0 Å². The van der Waals surface area contributed by atoms with Crippen LogP contribution in [0, 0.1) is 5.92 Å². The number of likely N-dealkylation sites (tertiary alicyclic amines) is 1. The molecule has 4 aromatic rings. The molecule has 2 aliphatic heterocycles. The maximum absolute atomic E-state index is 13.1. The molecule has 2 heterocycles. The summed E-state index contributed by atoms with van der Waals surface area (Å²) in [5, 5.41) is 21.6. The van der Waals surface area contributed by atoms with Crippen LogP contribution in [-0.4, -0.2) is 63.5 Å². The molecule has 278 valence electrons. The first-order chi connectivity index (χ1) is 25.4. The number of aliphatic hydroxyl groups excluding tert-OH is 1. The fourth-order valence-corrected chi connectivity index (χ4v) is 7.77. The van der Waals surface area contributed by atoms with Gasteiger partial charge in [0.15, 0.2) is 6.29 Å². The maximum atomic E-state index is 13.1. The third-order valence-electron chi connectivity index (χ3n) is 9.66. The monoisotopic (exact) mass is 748 g/mol. The number of benzene rings is 4. The number of rotatable bonds is 11. The van der Waals surface area contributed by atoms with Gasteiger partial charge in [-0.25, -0.2) is 4.79 Å². The van der Waals surface area contributed by atoms with Crippen LogP contribution >= 0.6 is 11.8 Å². The summed E-state index contributed by atoms with van der Waals surface area (Å²) in [6.45, 7) is 1.93. The number of alkyl halides is 3. The molecule has 2 fully saturated rings. The van der Waals surface area contributed by atoms with Crippen molar-refractivity contribution in [1.82, 2.24) is 10.2 Å². The first-order valence-electron chi connectivity index (χ1n) is 17.2. The Morgan fingerprint density at radius 3 is 2.25 bits per heavy atom. The van der Waals surface area contributed by atoms with Gasteiger partial charge in [-0.1, -0.05) is 79.7 Å². The first kappa shape index (κ1) is 38.0. The van der Waals surface area contributed by atoms with E-state index < -0.39 is 36.3 Å². The minimum atomic E-state index is -5.04. The van der Waals surface area contributed by atoms with E-state index in [-0.39, 0.29) is 49.8 Å². The summed E-state index contributed by atoms with van der Waals surface area (Å²) >= 11 is 1.56. The van der Waals surface area contributed by atoms with Crippen molar-refractivity contribution in [3.63, 3.8) is 0 Å². The Morgan fingerprint density at radius 1 is 0.906 bits per heavy atom. The third-order valence-corrected chi connectivity index (χ3v) is 10.8.